The summed E-state index contributed by atoms with van der Waals surface area (Å²) in [5, 5.41) is 6.87. The molecule has 0 fully saturated rings. The van der Waals surface area contributed by atoms with E-state index in [0.29, 0.717) is 10.7 Å². The van der Waals surface area contributed by atoms with Crippen molar-refractivity contribution in [2.75, 3.05) is 26.0 Å². The van der Waals surface area contributed by atoms with E-state index in [2.05, 4.69) is 10.5 Å². The van der Waals surface area contributed by atoms with Crippen LogP contribution in [0, 0.1) is 0 Å². The van der Waals surface area contributed by atoms with Gasteiger partial charge in [0.25, 0.3) is 5.91 Å². The van der Waals surface area contributed by atoms with Crippen LogP contribution in [0.1, 0.15) is 5.56 Å². The number of hydrogen-bond donors (Lipinski definition) is 1. The minimum Gasteiger partial charge on any atom is -0.386 e. The Balaban J connectivity index is 1.91. The van der Waals surface area contributed by atoms with Crippen LogP contribution in [-0.4, -0.2) is 45.5 Å². The number of anilines is 1. The summed E-state index contributed by atoms with van der Waals surface area (Å²) >= 11 is 5.78. The largest absolute Gasteiger partial charge is 0.386 e. The highest BCUT2D eigenvalue weighted by Gasteiger charge is 2.17. The van der Waals surface area contributed by atoms with Gasteiger partial charge in [-0.25, -0.2) is 12.7 Å². The maximum atomic E-state index is 12.1. The maximum Gasteiger partial charge on any atom is 0.265 e. The molecule has 0 unspecified atom stereocenters. The zero-order valence-corrected chi connectivity index (χ0v) is 15.8. The summed E-state index contributed by atoms with van der Waals surface area (Å²) in [7, 11) is -0.697. The van der Waals surface area contributed by atoms with Gasteiger partial charge in [-0.3, -0.25) is 4.79 Å². The van der Waals surface area contributed by atoms with E-state index >= 15 is 0 Å². The van der Waals surface area contributed by atoms with Gasteiger partial charge in [0.2, 0.25) is 10.0 Å². The molecule has 0 atom stereocenters. The number of carbonyl (C=O) groups is 1. The Bertz CT molecular complexity index is 896. The number of rotatable bonds is 7. The van der Waals surface area contributed by atoms with Crippen molar-refractivity contribution in [1.29, 1.82) is 0 Å². The normalized spacial score (nSPS) is 11.7. The Hall–Kier alpha value is -2.42. The predicted molar refractivity (Wildman–Crippen MR) is 101 cm³/mol. The predicted octanol–water partition coefficient (Wildman–Crippen LogP) is 2.58. The Morgan fingerprint density at radius 1 is 1.23 bits per heavy atom. The number of halogens is 1. The van der Waals surface area contributed by atoms with Gasteiger partial charge in [-0.1, -0.05) is 35.0 Å². The molecular weight excluding hydrogens is 378 g/mol. The SMILES string of the molecule is CN(C)S(=O)(=O)c1cccc(NC(=O)CO/N=C\c2ccc(Cl)cc2)c1. The fourth-order valence-corrected chi connectivity index (χ4v) is 2.96. The average molecular weight is 396 g/mol. The second kappa shape index (κ2) is 8.79. The Morgan fingerprint density at radius 3 is 2.58 bits per heavy atom. The van der Waals surface area contributed by atoms with Crippen molar-refractivity contribution in [2.45, 2.75) is 4.90 Å². The lowest BCUT2D eigenvalue weighted by atomic mass is 10.2. The summed E-state index contributed by atoms with van der Waals surface area (Å²) in [5.74, 6) is -0.461. The van der Waals surface area contributed by atoms with E-state index in [1.54, 1.807) is 36.4 Å². The first-order valence-electron chi connectivity index (χ1n) is 7.52. The number of nitrogens with one attached hydrogen (secondary N) is 1. The fraction of sp³-hybridized carbons (Fsp3) is 0.176. The summed E-state index contributed by atoms with van der Waals surface area (Å²) in [4.78, 5) is 16.9. The van der Waals surface area contributed by atoms with Gasteiger partial charge in [0.1, 0.15) is 0 Å². The molecule has 2 rings (SSSR count). The van der Waals surface area contributed by atoms with E-state index < -0.39 is 15.9 Å². The minimum absolute atomic E-state index is 0.0852. The molecule has 9 heteroatoms. The molecule has 0 saturated carbocycles. The van der Waals surface area contributed by atoms with Crippen molar-refractivity contribution in [3.05, 3.63) is 59.1 Å². The quantitative estimate of drug-likeness (QED) is 0.576. The molecule has 0 aliphatic heterocycles. The number of amides is 1. The zero-order valence-electron chi connectivity index (χ0n) is 14.2. The standard InChI is InChI=1S/C17H18ClN3O4S/c1-21(2)26(23,24)16-5-3-4-15(10-16)20-17(22)12-25-19-11-13-6-8-14(18)9-7-13/h3-11H,12H2,1-2H3,(H,20,22)/b19-11-. The van der Waals surface area contributed by atoms with Crippen LogP contribution in [0.15, 0.2) is 58.6 Å². The maximum absolute atomic E-state index is 12.1. The molecule has 1 N–H and O–H groups in total. The molecule has 0 aliphatic carbocycles. The highest BCUT2D eigenvalue weighted by molar-refractivity contribution is 7.89. The lowest BCUT2D eigenvalue weighted by Crippen LogP contribution is -2.22. The third-order valence-electron chi connectivity index (χ3n) is 3.24. The molecule has 0 saturated heterocycles. The van der Waals surface area contributed by atoms with Gasteiger partial charge < -0.3 is 10.2 Å². The Kier molecular flexibility index (Phi) is 6.73. The van der Waals surface area contributed by atoms with E-state index in [1.165, 1.54) is 32.4 Å². The highest BCUT2D eigenvalue weighted by atomic mass is 35.5. The van der Waals surface area contributed by atoms with Crippen molar-refractivity contribution in [3.63, 3.8) is 0 Å². The van der Waals surface area contributed by atoms with Crippen LogP contribution in [-0.2, 0) is 19.7 Å². The molecule has 2 aromatic carbocycles. The molecule has 0 radical (unpaired) electrons. The third-order valence-corrected chi connectivity index (χ3v) is 5.30. The van der Waals surface area contributed by atoms with Gasteiger partial charge in [0.05, 0.1) is 11.1 Å². The van der Waals surface area contributed by atoms with Crippen molar-refractivity contribution in [2.24, 2.45) is 5.16 Å². The van der Waals surface area contributed by atoms with Gasteiger partial charge in [-0.2, -0.15) is 0 Å². The monoisotopic (exact) mass is 395 g/mol. The third kappa shape index (κ3) is 5.55. The first kappa shape index (κ1) is 19.9. The lowest BCUT2D eigenvalue weighted by Gasteiger charge is -2.12. The van der Waals surface area contributed by atoms with E-state index in [0.717, 1.165) is 9.87 Å². The van der Waals surface area contributed by atoms with Crippen LogP contribution in [0.5, 0.6) is 0 Å². The molecule has 0 aromatic heterocycles. The molecule has 0 bridgehead atoms. The van der Waals surface area contributed by atoms with Crippen LogP contribution in [0.3, 0.4) is 0 Å². The van der Waals surface area contributed by atoms with E-state index in [-0.39, 0.29) is 11.5 Å². The minimum atomic E-state index is -3.57. The van der Waals surface area contributed by atoms with Crippen LogP contribution < -0.4 is 5.32 Å². The van der Waals surface area contributed by atoms with Crippen molar-refractivity contribution in [3.8, 4) is 0 Å². The number of hydrogen-bond acceptors (Lipinski definition) is 5. The van der Waals surface area contributed by atoms with E-state index in [1.807, 2.05) is 0 Å². The summed E-state index contributed by atoms with van der Waals surface area (Å²) in [5.41, 5.74) is 1.12. The molecule has 7 nitrogen and oxygen atoms in total. The van der Waals surface area contributed by atoms with Crippen LogP contribution in [0.25, 0.3) is 0 Å². The van der Waals surface area contributed by atoms with E-state index in [4.69, 9.17) is 16.4 Å². The summed E-state index contributed by atoms with van der Waals surface area (Å²) in [6.45, 7) is -0.311. The zero-order chi connectivity index (χ0) is 19.2. The number of oxime groups is 1. The first-order valence-corrected chi connectivity index (χ1v) is 9.34. The number of sulfonamides is 1. The lowest BCUT2D eigenvalue weighted by molar-refractivity contribution is -0.120. The molecule has 26 heavy (non-hydrogen) atoms. The summed E-state index contributed by atoms with van der Waals surface area (Å²) in [6, 6.07) is 12.9. The Morgan fingerprint density at radius 2 is 1.92 bits per heavy atom. The van der Waals surface area contributed by atoms with Gasteiger partial charge in [0.15, 0.2) is 6.61 Å². The Labute approximate surface area is 157 Å². The van der Waals surface area contributed by atoms with Crippen molar-refractivity contribution in [1.82, 2.24) is 4.31 Å². The van der Waals surface area contributed by atoms with E-state index in [9.17, 15) is 13.2 Å². The molecule has 0 heterocycles. The number of benzene rings is 2. The topological polar surface area (TPSA) is 88.1 Å². The van der Waals surface area contributed by atoms with Gasteiger partial charge >= 0.3 is 0 Å². The van der Waals surface area contributed by atoms with Gasteiger partial charge in [-0.15, -0.1) is 0 Å². The van der Waals surface area contributed by atoms with Gasteiger partial charge in [0, 0.05) is 24.8 Å². The number of nitrogens with zero attached hydrogens (tertiary/aromatic N) is 2. The fourth-order valence-electron chi connectivity index (χ4n) is 1.89. The number of carbonyl (C=O) groups excluding carboxylic acids is 1. The molecular formula is C17H18ClN3O4S. The van der Waals surface area contributed by atoms with Crippen LogP contribution in [0.4, 0.5) is 5.69 Å². The molecule has 1 amide bonds. The molecule has 2 aromatic rings. The van der Waals surface area contributed by atoms with Crippen molar-refractivity contribution >= 4 is 39.4 Å². The second-order valence-corrected chi connectivity index (χ2v) is 8.01. The molecule has 138 valence electrons. The summed E-state index contributed by atoms with van der Waals surface area (Å²) < 4.78 is 25.3. The van der Waals surface area contributed by atoms with Crippen molar-refractivity contribution < 1.29 is 18.0 Å². The summed E-state index contributed by atoms with van der Waals surface area (Å²) in [6.07, 6.45) is 1.45. The van der Waals surface area contributed by atoms with Crippen LogP contribution in [0.2, 0.25) is 5.02 Å². The molecule has 0 spiro atoms. The van der Waals surface area contributed by atoms with Gasteiger partial charge in [-0.05, 0) is 35.9 Å². The average Bonchev–Trinajstić information content (AvgIpc) is 2.60. The second-order valence-electron chi connectivity index (χ2n) is 5.42. The first-order chi connectivity index (χ1) is 12.3. The highest BCUT2D eigenvalue weighted by Crippen LogP contribution is 2.17. The van der Waals surface area contributed by atoms with Crippen LogP contribution >= 0.6 is 11.6 Å². The smallest absolute Gasteiger partial charge is 0.265 e. The molecule has 0 aliphatic rings.